The lowest BCUT2D eigenvalue weighted by molar-refractivity contribution is -0.139. The second-order valence-corrected chi connectivity index (χ2v) is 9.45. The van der Waals surface area contributed by atoms with Gasteiger partial charge >= 0.3 is 5.97 Å². The highest BCUT2D eigenvalue weighted by molar-refractivity contribution is 9.10. The van der Waals surface area contributed by atoms with E-state index >= 15 is 0 Å². The summed E-state index contributed by atoms with van der Waals surface area (Å²) in [4.78, 5) is 24.0. The van der Waals surface area contributed by atoms with Gasteiger partial charge in [-0.15, -0.1) is 0 Å². The molecule has 0 aliphatic carbocycles. The number of rotatable bonds is 7. The average Bonchev–Trinajstić information content (AvgIpc) is 2.81. The maximum absolute atomic E-state index is 12.5. The van der Waals surface area contributed by atoms with Gasteiger partial charge in [0.1, 0.15) is 17.2 Å². The Morgan fingerprint density at radius 2 is 1.85 bits per heavy atom. The van der Waals surface area contributed by atoms with Crippen molar-refractivity contribution in [1.82, 2.24) is 5.32 Å². The molecule has 0 spiro atoms. The molecule has 1 heterocycles. The summed E-state index contributed by atoms with van der Waals surface area (Å²) in [5.74, 6) is -0.517. The summed E-state index contributed by atoms with van der Waals surface area (Å²) in [6.07, 6.45) is 0.999. The minimum Gasteiger partial charge on any atom is -0.493 e. The molecule has 4 rings (SSSR count). The minimum absolute atomic E-state index is 0.209. The van der Waals surface area contributed by atoms with Crippen LogP contribution in [0, 0.1) is 0 Å². The van der Waals surface area contributed by atoms with E-state index in [0.717, 1.165) is 10.0 Å². The predicted molar refractivity (Wildman–Crippen MR) is 134 cm³/mol. The van der Waals surface area contributed by atoms with Gasteiger partial charge in [-0.25, -0.2) is 0 Å². The van der Waals surface area contributed by atoms with Gasteiger partial charge in [-0.05, 0) is 60.9 Å². The molecule has 1 aliphatic heterocycles. The first kappa shape index (κ1) is 24.4. The highest BCUT2D eigenvalue weighted by atomic mass is 79.9. The molecule has 0 saturated carbocycles. The summed E-state index contributed by atoms with van der Waals surface area (Å²) in [6.45, 7) is 0.753. The lowest BCUT2D eigenvalue weighted by Gasteiger charge is -2.24. The van der Waals surface area contributed by atoms with E-state index in [4.69, 9.17) is 32.7 Å². The molecular weight excluding hydrogens is 545 g/mol. The van der Waals surface area contributed by atoms with Crippen molar-refractivity contribution in [3.05, 3.63) is 85.8 Å². The molecule has 6 nitrogen and oxygen atoms in total. The number of ether oxygens (including phenoxy) is 2. The third-order valence-corrected chi connectivity index (χ3v) is 6.58. The Balaban J connectivity index is 1.38. The number of hydrogen-bond donors (Lipinski definition) is 2. The first-order valence-corrected chi connectivity index (χ1v) is 12.1. The van der Waals surface area contributed by atoms with E-state index in [2.05, 4.69) is 21.2 Å². The zero-order valence-corrected chi connectivity index (χ0v) is 20.9. The van der Waals surface area contributed by atoms with Crippen LogP contribution in [0.4, 0.5) is 0 Å². The molecule has 34 heavy (non-hydrogen) atoms. The number of aliphatic carboxylic acids is 1. The van der Waals surface area contributed by atoms with Crippen LogP contribution in [-0.4, -0.2) is 30.1 Å². The number of benzene rings is 3. The van der Waals surface area contributed by atoms with Gasteiger partial charge in [0.25, 0.3) is 5.91 Å². The number of nitrogens with one attached hydrogen (secondary N) is 1. The monoisotopic (exact) mass is 563 g/mol. The SMILES string of the molecule is O=C(NCCc1ccc(Br)cc1Cl)c1ccc(Oc2cc3c(cc2Cl)C(C(=O)O)CCO3)cc1. The molecule has 0 bridgehead atoms. The third kappa shape index (κ3) is 5.66. The van der Waals surface area contributed by atoms with Crippen molar-refractivity contribution in [2.75, 3.05) is 13.2 Å². The van der Waals surface area contributed by atoms with Crippen LogP contribution < -0.4 is 14.8 Å². The van der Waals surface area contributed by atoms with Crippen LogP contribution in [0.1, 0.15) is 33.8 Å². The molecule has 3 aromatic rings. The van der Waals surface area contributed by atoms with Crippen LogP contribution in [0.5, 0.6) is 17.2 Å². The van der Waals surface area contributed by atoms with Gasteiger partial charge in [-0.1, -0.05) is 45.2 Å². The van der Waals surface area contributed by atoms with E-state index in [1.54, 1.807) is 36.4 Å². The normalized spacial score (nSPS) is 14.6. The summed E-state index contributed by atoms with van der Waals surface area (Å²) in [7, 11) is 0. The quantitative estimate of drug-likeness (QED) is 0.343. The Labute approximate surface area is 214 Å². The van der Waals surface area contributed by atoms with Crippen molar-refractivity contribution < 1.29 is 24.2 Å². The Morgan fingerprint density at radius 3 is 2.56 bits per heavy atom. The van der Waals surface area contributed by atoms with Crippen LogP contribution in [0.25, 0.3) is 0 Å². The second-order valence-electron chi connectivity index (χ2n) is 7.72. The summed E-state index contributed by atoms with van der Waals surface area (Å²) < 4.78 is 12.4. The molecule has 1 aliphatic rings. The van der Waals surface area contributed by atoms with Gasteiger partial charge in [0.2, 0.25) is 0 Å². The van der Waals surface area contributed by atoms with Gasteiger partial charge in [-0.2, -0.15) is 0 Å². The number of carboxylic acids is 1. The Hall–Kier alpha value is -2.74. The molecule has 1 atom stereocenters. The van der Waals surface area contributed by atoms with Gasteiger partial charge in [-0.3, -0.25) is 9.59 Å². The van der Waals surface area contributed by atoms with Crippen molar-refractivity contribution >= 4 is 51.0 Å². The maximum Gasteiger partial charge on any atom is 0.311 e. The predicted octanol–water partition coefficient (Wildman–Crippen LogP) is 6.47. The average molecular weight is 565 g/mol. The minimum atomic E-state index is -0.914. The Bertz CT molecular complexity index is 1230. The van der Waals surface area contributed by atoms with E-state index in [-0.39, 0.29) is 10.9 Å². The number of carbonyl (C=O) groups is 2. The van der Waals surface area contributed by atoms with E-state index in [0.29, 0.717) is 59.4 Å². The fourth-order valence-corrected chi connectivity index (χ4v) is 4.64. The van der Waals surface area contributed by atoms with Crippen molar-refractivity contribution in [3.63, 3.8) is 0 Å². The first-order valence-electron chi connectivity index (χ1n) is 10.5. The van der Waals surface area contributed by atoms with E-state index < -0.39 is 11.9 Å². The Morgan fingerprint density at radius 1 is 1.09 bits per heavy atom. The number of carboxylic acid groups (broad SMARTS) is 1. The van der Waals surface area contributed by atoms with Crippen LogP contribution in [-0.2, 0) is 11.2 Å². The fraction of sp³-hybridized carbons (Fsp3) is 0.200. The molecule has 3 aromatic carbocycles. The summed E-state index contributed by atoms with van der Waals surface area (Å²) in [6, 6.07) is 15.5. The molecule has 2 N–H and O–H groups in total. The van der Waals surface area contributed by atoms with Crippen LogP contribution in [0.3, 0.4) is 0 Å². The standard InChI is InChI=1S/C25H20BrCl2NO5/c26-16-4-1-14(20(27)11-16)7-9-29-24(30)15-2-5-17(6-3-15)34-23-13-22-19(12-21(23)28)18(25(31)32)8-10-33-22/h1-6,11-13,18H,7-10H2,(H,29,30)(H,31,32). The molecule has 9 heteroatoms. The van der Waals surface area contributed by atoms with Gasteiger partial charge < -0.3 is 19.9 Å². The second kappa shape index (κ2) is 10.7. The summed E-state index contributed by atoms with van der Waals surface area (Å²) in [5, 5.41) is 13.2. The number of hydrogen-bond acceptors (Lipinski definition) is 4. The van der Waals surface area contributed by atoms with Gasteiger partial charge in [0.15, 0.2) is 0 Å². The molecule has 176 valence electrons. The summed E-state index contributed by atoms with van der Waals surface area (Å²) in [5.41, 5.74) is 1.97. The molecule has 1 unspecified atom stereocenters. The van der Waals surface area contributed by atoms with Crippen LogP contribution in [0.2, 0.25) is 10.0 Å². The first-order chi connectivity index (χ1) is 16.3. The Kier molecular flexibility index (Phi) is 7.66. The molecule has 0 fully saturated rings. The van der Waals surface area contributed by atoms with E-state index in [1.165, 1.54) is 0 Å². The number of carbonyl (C=O) groups excluding carboxylic acids is 1. The van der Waals surface area contributed by atoms with Crippen molar-refractivity contribution in [2.24, 2.45) is 0 Å². The van der Waals surface area contributed by atoms with Crippen LogP contribution in [0.15, 0.2) is 59.1 Å². The van der Waals surface area contributed by atoms with Gasteiger partial charge in [0.05, 0.1) is 17.5 Å². The lowest BCUT2D eigenvalue weighted by atomic mass is 9.93. The summed E-state index contributed by atoms with van der Waals surface area (Å²) >= 11 is 15.9. The van der Waals surface area contributed by atoms with Crippen molar-refractivity contribution in [3.8, 4) is 17.2 Å². The number of fused-ring (bicyclic) bond motifs is 1. The molecule has 0 aromatic heterocycles. The highest BCUT2D eigenvalue weighted by Gasteiger charge is 2.29. The largest absolute Gasteiger partial charge is 0.493 e. The number of amides is 1. The topological polar surface area (TPSA) is 84.9 Å². The van der Waals surface area contributed by atoms with Crippen molar-refractivity contribution in [1.29, 1.82) is 0 Å². The van der Waals surface area contributed by atoms with Crippen molar-refractivity contribution in [2.45, 2.75) is 18.8 Å². The molecule has 0 radical (unpaired) electrons. The smallest absolute Gasteiger partial charge is 0.311 e. The lowest BCUT2D eigenvalue weighted by Crippen LogP contribution is -2.25. The zero-order valence-electron chi connectivity index (χ0n) is 17.8. The van der Waals surface area contributed by atoms with Crippen LogP contribution >= 0.6 is 39.1 Å². The molecule has 0 saturated heterocycles. The van der Waals surface area contributed by atoms with E-state index in [9.17, 15) is 14.7 Å². The van der Waals surface area contributed by atoms with E-state index in [1.807, 2.05) is 18.2 Å². The fourth-order valence-electron chi connectivity index (χ4n) is 3.66. The maximum atomic E-state index is 12.5. The zero-order chi connectivity index (χ0) is 24.2. The molecular formula is C25H20BrCl2NO5. The third-order valence-electron chi connectivity index (χ3n) is 5.44. The van der Waals surface area contributed by atoms with Gasteiger partial charge in [0, 0.05) is 33.2 Å². The highest BCUT2D eigenvalue weighted by Crippen LogP contribution is 2.41. The molecule has 1 amide bonds. The number of halogens is 3.